The van der Waals surface area contributed by atoms with Gasteiger partial charge in [-0.05, 0) is 11.8 Å². The molecular formula is C9H15IO. The fourth-order valence-electron chi connectivity index (χ4n) is 1.54. The van der Waals surface area contributed by atoms with E-state index in [1.54, 1.807) is 0 Å². The summed E-state index contributed by atoms with van der Waals surface area (Å²) < 4.78 is 0.660. The third-order valence-electron chi connectivity index (χ3n) is 3.05. The van der Waals surface area contributed by atoms with Gasteiger partial charge in [0.15, 0.2) is 0 Å². The fraction of sp³-hybridized carbons (Fsp3) is 0.889. The molecule has 1 aliphatic carbocycles. The maximum atomic E-state index is 11.4. The van der Waals surface area contributed by atoms with E-state index in [0.29, 0.717) is 9.71 Å². The average molecular weight is 266 g/mol. The topological polar surface area (TPSA) is 17.1 Å². The van der Waals surface area contributed by atoms with Gasteiger partial charge in [0.2, 0.25) is 0 Å². The molecule has 0 radical (unpaired) electrons. The number of alkyl halides is 1. The van der Waals surface area contributed by atoms with Gasteiger partial charge < -0.3 is 0 Å². The van der Waals surface area contributed by atoms with Crippen LogP contribution in [0.5, 0.6) is 0 Å². The summed E-state index contributed by atoms with van der Waals surface area (Å²) in [6, 6.07) is 0. The lowest BCUT2D eigenvalue weighted by Gasteiger charge is -2.39. The van der Waals surface area contributed by atoms with Crippen molar-refractivity contribution in [2.75, 3.05) is 0 Å². The quantitative estimate of drug-likeness (QED) is 0.486. The Morgan fingerprint density at radius 2 is 2.09 bits per heavy atom. The molecule has 0 amide bonds. The molecule has 0 spiro atoms. The van der Waals surface area contributed by atoms with Gasteiger partial charge in [-0.15, -0.1) is 0 Å². The zero-order valence-corrected chi connectivity index (χ0v) is 9.51. The lowest BCUT2D eigenvalue weighted by molar-refractivity contribution is -0.127. The Hall–Kier alpha value is 0.400. The summed E-state index contributed by atoms with van der Waals surface area (Å²) >= 11 is 2.47. The van der Waals surface area contributed by atoms with Crippen LogP contribution in [0.3, 0.4) is 0 Å². The fourth-order valence-corrected chi connectivity index (χ4v) is 2.39. The number of hydrogen-bond donors (Lipinski definition) is 0. The van der Waals surface area contributed by atoms with Crippen LogP contribution in [0.2, 0.25) is 0 Å². The number of halogens is 1. The van der Waals surface area contributed by atoms with Crippen LogP contribution in [0.1, 0.15) is 33.6 Å². The molecule has 0 aromatic carbocycles. The highest BCUT2D eigenvalue weighted by atomic mass is 127. The normalized spacial score (nSPS) is 37.3. The summed E-state index contributed by atoms with van der Waals surface area (Å²) in [5.74, 6) is 0.695. The number of hydrogen-bond acceptors (Lipinski definition) is 1. The Labute approximate surface area is 82.1 Å². The molecule has 11 heavy (non-hydrogen) atoms. The Morgan fingerprint density at radius 3 is 2.55 bits per heavy atom. The van der Waals surface area contributed by atoms with E-state index in [-0.39, 0.29) is 11.3 Å². The number of rotatable bonds is 0. The highest BCUT2D eigenvalue weighted by molar-refractivity contribution is 14.1. The van der Waals surface area contributed by atoms with Crippen molar-refractivity contribution in [3.8, 4) is 0 Å². The highest BCUT2D eigenvalue weighted by Gasteiger charge is 2.40. The van der Waals surface area contributed by atoms with Crippen molar-refractivity contribution in [3.63, 3.8) is 0 Å². The minimum Gasteiger partial charge on any atom is -0.299 e. The first-order chi connectivity index (χ1) is 4.96. The molecule has 1 saturated carbocycles. The van der Waals surface area contributed by atoms with Crippen LogP contribution in [0.15, 0.2) is 0 Å². The third kappa shape index (κ3) is 1.60. The molecule has 0 heterocycles. The molecule has 1 nitrogen and oxygen atoms in total. The van der Waals surface area contributed by atoms with E-state index in [1.165, 1.54) is 0 Å². The van der Waals surface area contributed by atoms with Crippen molar-refractivity contribution < 1.29 is 4.79 Å². The molecule has 0 unspecified atom stereocenters. The second kappa shape index (κ2) is 3.04. The zero-order chi connectivity index (χ0) is 8.65. The molecule has 1 fully saturated rings. The lowest BCUT2D eigenvalue weighted by Crippen LogP contribution is -2.40. The summed E-state index contributed by atoms with van der Waals surface area (Å²) in [4.78, 5) is 11.4. The lowest BCUT2D eigenvalue weighted by atomic mass is 9.69. The average Bonchev–Trinajstić information content (AvgIpc) is 1.95. The Balaban J connectivity index is 2.80. The van der Waals surface area contributed by atoms with Gasteiger partial charge in [0.25, 0.3) is 0 Å². The van der Waals surface area contributed by atoms with E-state index in [1.807, 2.05) is 0 Å². The molecule has 0 aliphatic heterocycles. The molecule has 1 rings (SSSR count). The van der Waals surface area contributed by atoms with Crippen LogP contribution in [0.4, 0.5) is 0 Å². The first-order valence-corrected chi connectivity index (χ1v) is 5.37. The Bertz CT molecular complexity index is 174. The third-order valence-corrected chi connectivity index (χ3v) is 5.28. The van der Waals surface area contributed by atoms with Crippen LogP contribution in [0, 0.1) is 11.3 Å². The van der Waals surface area contributed by atoms with E-state index >= 15 is 0 Å². The van der Waals surface area contributed by atoms with Crippen LogP contribution in [-0.4, -0.2) is 9.71 Å². The molecule has 0 saturated heterocycles. The number of Topliss-reactive ketones (excluding diaryl/α,β-unsaturated/α-hetero) is 1. The van der Waals surface area contributed by atoms with Gasteiger partial charge in [-0.3, -0.25) is 4.79 Å². The SMILES string of the molecule is C[C@H]1C(=O)CC[C@H](I)C1(C)C. The predicted molar refractivity (Wildman–Crippen MR) is 55.0 cm³/mol. The van der Waals surface area contributed by atoms with Crippen LogP contribution < -0.4 is 0 Å². The van der Waals surface area contributed by atoms with E-state index in [9.17, 15) is 4.79 Å². The molecular weight excluding hydrogens is 251 g/mol. The molecule has 0 bridgehead atoms. The standard InChI is InChI=1S/C9H15IO/c1-6-7(11)4-5-8(10)9(6,2)3/h6,8H,4-5H2,1-3H3/t6-,8-/m0/s1. The number of ketones is 1. The maximum absolute atomic E-state index is 11.4. The van der Waals surface area contributed by atoms with E-state index in [4.69, 9.17) is 0 Å². The van der Waals surface area contributed by atoms with Gasteiger partial charge in [0, 0.05) is 16.3 Å². The van der Waals surface area contributed by atoms with Crippen molar-refractivity contribution in [3.05, 3.63) is 0 Å². The van der Waals surface area contributed by atoms with Crippen LogP contribution in [0.25, 0.3) is 0 Å². The summed E-state index contributed by atoms with van der Waals surface area (Å²) in [6.45, 7) is 6.46. The first-order valence-electron chi connectivity index (χ1n) is 4.13. The molecule has 0 aromatic heterocycles. The first kappa shape index (κ1) is 9.49. The van der Waals surface area contributed by atoms with E-state index in [2.05, 4.69) is 43.4 Å². The van der Waals surface area contributed by atoms with Gasteiger partial charge in [-0.25, -0.2) is 0 Å². The van der Waals surface area contributed by atoms with Crippen molar-refractivity contribution in [2.24, 2.45) is 11.3 Å². The minimum atomic E-state index is 0.204. The molecule has 64 valence electrons. The summed E-state index contributed by atoms with van der Waals surface area (Å²) in [5.41, 5.74) is 0.204. The van der Waals surface area contributed by atoms with Crippen LogP contribution >= 0.6 is 22.6 Å². The molecule has 0 aromatic rings. The zero-order valence-electron chi connectivity index (χ0n) is 7.36. The van der Waals surface area contributed by atoms with E-state index in [0.717, 1.165) is 12.8 Å². The number of carbonyl (C=O) groups excluding carboxylic acids is 1. The molecule has 2 heteroatoms. The van der Waals surface area contributed by atoms with Gasteiger partial charge >= 0.3 is 0 Å². The number of carbonyl (C=O) groups is 1. The largest absolute Gasteiger partial charge is 0.299 e. The van der Waals surface area contributed by atoms with E-state index < -0.39 is 0 Å². The monoisotopic (exact) mass is 266 g/mol. The summed E-state index contributed by atoms with van der Waals surface area (Å²) in [6.07, 6.45) is 1.86. The molecule has 0 N–H and O–H groups in total. The van der Waals surface area contributed by atoms with Crippen LogP contribution in [-0.2, 0) is 4.79 Å². The maximum Gasteiger partial charge on any atom is 0.136 e. The van der Waals surface area contributed by atoms with Crippen molar-refractivity contribution in [2.45, 2.75) is 37.5 Å². The smallest absolute Gasteiger partial charge is 0.136 e. The van der Waals surface area contributed by atoms with Gasteiger partial charge in [-0.1, -0.05) is 43.4 Å². The Morgan fingerprint density at radius 1 is 1.55 bits per heavy atom. The Kier molecular flexibility index (Phi) is 2.62. The summed E-state index contributed by atoms with van der Waals surface area (Å²) in [7, 11) is 0. The second-order valence-corrected chi connectivity index (χ2v) is 5.52. The summed E-state index contributed by atoms with van der Waals surface area (Å²) in [5, 5.41) is 0. The minimum absolute atomic E-state index is 0.204. The predicted octanol–water partition coefficient (Wildman–Crippen LogP) is 2.82. The molecule has 1 aliphatic rings. The van der Waals surface area contributed by atoms with Crippen molar-refractivity contribution in [1.29, 1.82) is 0 Å². The highest BCUT2D eigenvalue weighted by Crippen LogP contribution is 2.42. The second-order valence-electron chi connectivity index (χ2n) is 4.02. The van der Waals surface area contributed by atoms with Gasteiger partial charge in [0.1, 0.15) is 5.78 Å². The molecule has 2 atom stereocenters. The van der Waals surface area contributed by atoms with Gasteiger partial charge in [-0.2, -0.15) is 0 Å². The van der Waals surface area contributed by atoms with Gasteiger partial charge in [0.05, 0.1) is 0 Å². The van der Waals surface area contributed by atoms with Crippen molar-refractivity contribution in [1.82, 2.24) is 0 Å². The van der Waals surface area contributed by atoms with Crippen molar-refractivity contribution >= 4 is 28.4 Å².